The molecule has 0 bridgehead atoms. The first kappa shape index (κ1) is 8.80. The molecule has 3 heteroatoms. The van der Waals surface area contributed by atoms with Gasteiger partial charge in [-0.05, 0) is 25.1 Å². The van der Waals surface area contributed by atoms with E-state index >= 15 is 0 Å². The van der Waals surface area contributed by atoms with Crippen molar-refractivity contribution < 1.29 is 13.9 Å². The van der Waals surface area contributed by atoms with Crippen LogP contribution in [0, 0.1) is 6.92 Å². The normalized spacial score (nSPS) is 19.4. The molecule has 0 N–H and O–H groups in total. The van der Waals surface area contributed by atoms with Crippen LogP contribution in [0.15, 0.2) is 28.7 Å². The lowest BCUT2D eigenvalue weighted by Crippen LogP contribution is -2.03. The van der Waals surface area contributed by atoms with Gasteiger partial charge in [-0.1, -0.05) is 6.07 Å². The van der Waals surface area contributed by atoms with Crippen molar-refractivity contribution in [3.05, 3.63) is 30.0 Å². The smallest absolute Gasteiger partial charge is 0.137 e. The minimum absolute atomic E-state index is 0.285. The highest BCUT2D eigenvalue weighted by molar-refractivity contribution is 5.84. The minimum atomic E-state index is 0.285. The summed E-state index contributed by atoms with van der Waals surface area (Å²) in [5.74, 6) is 1.78. The van der Waals surface area contributed by atoms with Crippen LogP contribution in [0.1, 0.15) is 5.76 Å². The van der Waals surface area contributed by atoms with Crippen molar-refractivity contribution in [3.8, 4) is 5.75 Å². The summed E-state index contributed by atoms with van der Waals surface area (Å²) in [6, 6.07) is 7.84. The zero-order valence-electron chi connectivity index (χ0n) is 8.53. The van der Waals surface area contributed by atoms with Crippen molar-refractivity contribution in [1.82, 2.24) is 0 Å². The number of benzene rings is 1. The maximum Gasteiger partial charge on any atom is 0.137 e. The summed E-state index contributed by atoms with van der Waals surface area (Å²) in [7, 11) is 0. The van der Waals surface area contributed by atoms with Gasteiger partial charge in [-0.2, -0.15) is 0 Å². The van der Waals surface area contributed by atoms with Crippen LogP contribution in [0.4, 0.5) is 0 Å². The molecule has 1 aromatic heterocycles. The molecule has 3 rings (SSSR count). The first-order chi connectivity index (χ1) is 7.33. The molecule has 1 saturated heterocycles. The Kier molecular flexibility index (Phi) is 1.92. The minimum Gasteiger partial charge on any atom is -0.490 e. The van der Waals surface area contributed by atoms with Gasteiger partial charge in [0.25, 0.3) is 0 Å². The summed E-state index contributed by atoms with van der Waals surface area (Å²) < 4.78 is 16.3. The van der Waals surface area contributed by atoms with Gasteiger partial charge in [-0.3, -0.25) is 0 Å². The highest BCUT2D eigenvalue weighted by Crippen LogP contribution is 2.28. The number of hydrogen-bond donors (Lipinski definition) is 0. The molecule has 0 spiro atoms. The number of fused-ring (bicyclic) bond motifs is 1. The molecule has 0 radical (unpaired) electrons. The van der Waals surface area contributed by atoms with Gasteiger partial charge in [0.1, 0.15) is 29.8 Å². The summed E-state index contributed by atoms with van der Waals surface area (Å²) >= 11 is 0. The van der Waals surface area contributed by atoms with Crippen molar-refractivity contribution in [2.45, 2.75) is 13.0 Å². The molecule has 1 aliphatic rings. The van der Waals surface area contributed by atoms with E-state index in [0.29, 0.717) is 6.61 Å². The van der Waals surface area contributed by atoms with E-state index in [0.717, 1.165) is 29.1 Å². The second-order valence-corrected chi connectivity index (χ2v) is 3.79. The standard InChI is InChI=1S/C12H12O3/c1-8-5-10-11(14-7-9-6-13-9)3-2-4-12(10)15-8/h2-5,9H,6-7H2,1H3. The molecule has 15 heavy (non-hydrogen) atoms. The van der Waals surface area contributed by atoms with E-state index < -0.39 is 0 Å². The monoisotopic (exact) mass is 204 g/mol. The summed E-state index contributed by atoms with van der Waals surface area (Å²) in [6.45, 7) is 3.39. The molecule has 0 aliphatic carbocycles. The highest BCUT2D eigenvalue weighted by Gasteiger charge is 2.23. The summed E-state index contributed by atoms with van der Waals surface area (Å²) in [4.78, 5) is 0. The van der Waals surface area contributed by atoms with Gasteiger partial charge in [0.05, 0.1) is 12.0 Å². The Bertz CT molecular complexity index is 483. The third-order valence-electron chi connectivity index (χ3n) is 2.47. The molecule has 1 atom stereocenters. The average Bonchev–Trinajstić information content (AvgIpc) is 2.96. The van der Waals surface area contributed by atoms with Crippen molar-refractivity contribution in [2.75, 3.05) is 13.2 Å². The van der Waals surface area contributed by atoms with Crippen LogP contribution in [0.2, 0.25) is 0 Å². The van der Waals surface area contributed by atoms with Crippen molar-refractivity contribution >= 4 is 11.0 Å². The molecule has 3 nitrogen and oxygen atoms in total. The third-order valence-corrected chi connectivity index (χ3v) is 2.47. The lowest BCUT2D eigenvalue weighted by atomic mass is 10.2. The zero-order valence-corrected chi connectivity index (χ0v) is 8.53. The van der Waals surface area contributed by atoms with E-state index in [1.54, 1.807) is 0 Å². The van der Waals surface area contributed by atoms with E-state index in [2.05, 4.69) is 0 Å². The lowest BCUT2D eigenvalue weighted by Gasteiger charge is -2.04. The number of rotatable bonds is 3. The molecule has 1 aromatic carbocycles. The Morgan fingerprint density at radius 2 is 2.33 bits per heavy atom. The Morgan fingerprint density at radius 3 is 3.13 bits per heavy atom. The van der Waals surface area contributed by atoms with Crippen LogP contribution in [0.5, 0.6) is 5.75 Å². The second kappa shape index (κ2) is 3.28. The van der Waals surface area contributed by atoms with Crippen LogP contribution in [0.25, 0.3) is 11.0 Å². The molecule has 0 saturated carbocycles. The van der Waals surface area contributed by atoms with Crippen molar-refractivity contribution in [2.24, 2.45) is 0 Å². The SMILES string of the molecule is Cc1cc2c(OCC3CO3)cccc2o1. The third kappa shape index (κ3) is 1.70. The van der Waals surface area contributed by atoms with E-state index in [-0.39, 0.29) is 6.10 Å². The fourth-order valence-corrected chi connectivity index (χ4v) is 1.63. The van der Waals surface area contributed by atoms with Crippen LogP contribution >= 0.6 is 0 Å². The van der Waals surface area contributed by atoms with Crippen molar-refractivity contribution in [3.63, 3.8) is 0 Å². The maximum atomic E-state index is 5.67. The van der Waals surface area contributed by atoms with Gasteiger partial charge in [0.15, 0.2) is 0 Å². The lowest BCUT2D eigenvalue weighted by molar-refractivity contribution is 0.265. The van der Waals surface area contributed by atoms with Gasteiger partial charge in [-0.15, -0.1) is 0 Å². The van der Waals surface area contributed by atoms with Gasteiger partial charge in [0, 0.05) is 0 Å². The van der Waals surface area contributed by atoms with Gasteiger partial charge >= 0.3 is 0 Å². The van der Waals surface area contributed by atoms with Crippen LogP contribution in [0.3, 0.4) is 0 Å². The number of aryl methyl sites for hydroxylation is 1. The summed E-state index contributed by atoms with van der Waals surface area (Å²) in [5.41, 5.74) is 0.877. The van der Waals surface area contributed by atoms with E-state index in [9.17, 15) is 0 Å². The van der Waals surface area contributed by atoms with Crippen LogP contribution in [-0.4, -0.2) is 19.3 Å². The molecular formula is C12H12O3. The molecule has 1 fully saturated rings. The molecular weight excluding hydrogens is 192 g/mol. The summed E-state index contributed by atoms with van der Waals surface area (Å²) in [6.07, 6.45) is 0.285. The molecule has 1 unspecified atom stereocenters. The number of furan rings is 1. The number of ether oxygens (including phenoxy) is 2. The number of hydrogen-bond acceptors (Lipinski definition) is 3. The Morgan fingerprint density at radius 1 is 1.47 bits per heavy atom. The second-order valence-electron chi connectivity index (χ2n) is 3.79. The van der Waals surface area contributed by atoms with Gasteiger partial charge < -0.3 is 13.9 Å². The van der Waals surface area contributed by atoms with Gasteiger partial charge in [-0.25, -0.2) is 0 Å². The Labute approximate surface area is 87.6 Å². The fraction of sp³-hybridized carbons (Fsp3) is 0.333. The molecule has 1 aliphatic heterocycles. The largest absolute Gasteiger partial charge is 0.490 e. The predicted molar refractivity (Wildman–Crippen MR) is 56.2 cm³/mol. The predicted octanol–water partition coefficient (Wildman–Crippen LogP) is 2.52. The van der Waals surface area contributed by atoms with E-state index in [1.807, 2.05) is 31.2 Å². The molecule has 0 amide bonds. The topological polar surface area (TPSA) is 34.9 Å². The molecule has 78 valence electrons. The highest BCUT2D eigenvalue weighted by atomic mass is 16.6. The average molecular weight is 204 g/mol. The van der Waals surface area contributed by atoms with Gasteiger partial charge in [0.2, 0.25) is 0 Å². The van der Waals surface area contributed by atoms with E-state index in [4.69, 9.17) is 13.9 Å². The van der Waals surface area contributed by atoms with Crippen LogP contribution < -0.4 is 4.74 Å². The summed E-state index contributed by atoms with van der Waals surface area (Å²) in [5, 5.41) is 1.04. The quantitative estimate of drug-likeness (QED) is 0.720. The first-order valence-corrected chi connectivity index (χ1v) is 5.06. The maximum absolute atomic E-state index is 5.67. The van der Waals surface area contributed by atoms with E-state index in [1.165, 1.54) is 0 Å². The number of epoxide rings is 1. The molecule has 2 aromatic rings. The Hall–Kier alpha value is -1.48. The first-order valence-electron chi connectivity index (χ1n) is 5.06. The zero-order chi connectivity index (χ0) is 10.3. The molecule has 2 heterocycles. The fourth-order valence-electron chi connectivity index (χ4n) is 1.63. The van der Waals surface area contributed by atoms with Crippen LogP contribution in [-0.2, 0) is 4.74 Å². The van der Waals surface area contributed by atoms with Crippen molar-refractivity contribution in [1.29, 1.82) is 0 Å². The Balaban J connectivity index is 1.93.